The Hall–Kier alpha value is -1.45. The van der Waals surface area contributed by atoms with E-state index in [0.29, 0.717) is 5.56 Å². The number of alkyl halides is 2. The van der Waals surface area contributed by atoms with Crippen molar-refractivity contribution in [3.63, 3.8) is 0 Å². The minimum absolute atomic E-state index is 0.184. The van der Waals surface area contributed by atoms with Gasteiger partial charge in [0.15, 0.2) is 0 Å². The van der Waals surface area contributed by atoms with E-state index in [9.17, 15) is 13.6 Å². The van der Waals surface area contributed by atoms with Crippen LogP contribution >= 0.6 is 0 Å². The van der Waals surface area contributed by atoms with Gasteiger partial charge in [-0.15, -0.1) is 0 Å². The Morgan fingerprint density at radius 2 is 2.00 bits per heavy atom. The van der Waals surface area contributed by atoms with Crippen molar-refractivity contribution in [1.29, 1.82) is 0 Å². The van der Waals surface area contributed by atoms with E-state index < -0.39 is 23.9 Å². The summed E-state index contributed by atoms with van der Waals surface area (Å²) in [7, 11) is 0. The normalized spacial score (nSPS) is 23.6. The Bertz CT molecular complexity index is 389. The zero-order valence-electron chi connectivity index (χ0n) is 8.82. The van der Waals surface area contributed by atoms with Crippen LogP contribution < -0.4 is 0 Å². The van der Waals surface area contributed by atoms with Gasteiger partial charge in [-0.1, -0.05) is 18.2 Å². The Balaban J connectivity index is 1.94. The SMILES string of the molecule is CC(OC(=O)c1ccccc1)C1CC1(F)F. The van der Waals surface area contributed by atoms with Gasteiger partial charge in [-0.3, -0.25) is 0 Å². The molecule has 2 rings (SSSR count). The van der Waals surface area contributed by atoms with Crippen LogP contribution in [0.5, 0.6) is 0 Å². The van der Waals surface area contributed by atoms with Gasteiger partial charge in [-0.2, -0.15) is 0 Å². The monoisotopic (exact) mass is 226 g/mol. The lowest BCUT2D eigenvalue weighted by Crippen LogP contribution is -2.19. The summed E-state index contributed by atoms with van der Waals surface area (Å²) >= 11 is 0. The predicted molar refractivity (Wildman–Crippen MR) is 54.4 cm³/mol. The summed E-state index contributed by atoms with van der Waals surface area (Å²) in [6.07, 6.45) is -0.918. The van der Waals surface area contributed by atoms with E-state index in [-0.39, 0.29) is 6.42 Å². The Morgan fingerprint density at radius 1 is 1.44 bits per heavy atom. The topological polar surface area (TPSA) is 26.3 Å². The van der Waals surface area contributed by atoms with Crippen LogP contribution in [0.1, 0.15) is 23.7 Å². The third-order valence-electron chi connectivity index (χ3n) is 2.74. The molecule has 4 heteroatoms. The van der Waals surface area contributed by atoms with Gasteiger partial charge in [0.25, 0.3) is 5.92 Å². The van der Waals surface area contributed by atoms with Crippen LogP contribution in [0.25, 0.3) is 0 Å². The second-order valence-electron chi connectivity index (χ2n) is 4.05. The summed E-state index contributed by atoms with van der Waals surface area (Å²) in [5, 5.41) is 0. The molecule has 0 saturated heterocycles. The van der Waals surface area contributed by atoms with Crippen LogP contribution in [0.2, 0.25) is 0 Å². The molecule has 86 valence electrons. The highest BCUT2D eigenvalue weighted by molar-refractivity contribution is 5.89. The lowest BCUT2D eigenvalue weighted by Gasteiger charge is -2.12. The summed E-state index contributed by atoms with van der Waals surface area (Å²) in [5.41, 5.74) is 0.387. The zero-order valence-corrected chi connectivity index (χ0v) is 8.82. The number of esters is 1. The number of rotatable bonds is 3. The fraction of sp³-hybridized carbons (Fsp3) is 0.417. The third kappa shape index (κ3) is 2.21. The fourth-order valence-electron chi connectivity index (χ4n) is 1.64. The highest BCUT2D eigenvalue weighted by Gasteiger charge is 2.60. The summed E-state index contributed by atoms with van der Waals surface area (Å²) < 4.78 is 30.4. The minimum atomic E-state index is -2.66. The van der Waals surface area contributed by atoms with E-state index in [1.54, 1.807) is 30.3 Å². The van der Waals surface area contributed by atoms with Crippen molar-refractivity contribution in [3.8, 4) is 0 Å². The summed E-state index contributed by atoms with van der Waals surface area (Å²) in [6.45, 7) is 1.51. The Kier molecular flexibility index (Phi) is 2.66. The molecule has 0 heterocycles. The molecule has 0 radical (unpaired) electrons. The van der Waals surface area contributed by atoms with Gasteiger partial charge in [0, 0.05) is 6.42 Å². The lowest BCUT2D eigenvalue weighted by atomic mass is 10.2. The molecule has 0 bridgehead atoms. The number of hydrogen-bond donors (Lipinski definition) is 0. The molecule has 16 heavy (non-hydrogen) atoms. The molecule has 1 aliphatic carbocycles. The molecule has 1 saturated carbocycles. The third-order valence-corrected chi connectivity index (χ3v) is 2.74. The Labute approximate surface area is 92.2 Å². The average Bonchev–Trinajstić information content (AvgIpc) is 2.89. The van der Waals surface area contributed by atoms with E-state index in [4.69, 9.17) is 4.74 Å². The van der Waals surface area contributed by atoms with Crippen LogP contribution in [0.15, 0.2) is 30.3 Å². The van der Waals surface area contributed by atoms with Crippen molar-refractivity contribution in [2.75, 3.05) is 0 Å². The first-order valence-corrected chi connectivity index (χ1v) is 5.14. The molecular weight excluding hydrogens is 214 g/mol. The van der Waals surface area contributed by atoms with Gasteiger partial charge in [-0.25, -0.2) is 13.6 Å². The second kappa shape index (κ2) is 3.85. The van der Waals surface area contributed by atoms with Crippen molar-refractivity contribution in [2.45, 2.75) is 25.4 Å². The molecule has 1 aliphatic rings. The van der Waals surface area contributed by atoms with Crippen LogP contribution in [0.3, 0.4) is 0 Å². The molecular formula is C12H12F2O2. The number of carbonyl (C=O) groups is 1. The first kappa shape index (κ1) is 11.0. The van der Waals surface area contributed by atoms with Crippen molar-refractivity contribution in [3.05, 3.63) is 35.9 Å². The van der Waals surface area contributed by atoms with Crippen molar-refractivity contribution in [2.24, 2.45) is 5.92 Å². The van der Waals surface area contributed by atoms with E-state index >= 15 is 0 Å². The first-order valence-electron chi connectivity index (χ1n) is 5.14. The molecule has 0 spiro atoms. The van der Waals surface area contributed by atoms with Gasteiger partial charge in [0.2, 0.25) is 0 Å². The number of benzene rings is 1. The lowest BCUT2D eigenvalue weighted by molar-refractivity contribution is 0.0112. The predicted octanol–water partition coefficient (Wildman–Crippen LogP) is 2.89. The van der Waals surface area contributed by atoms with Crippen molar-refractivity contribution in [1.82, 2.24) is 0 Å². The highest BCUT2D eigenvalue weighted by Crippen LogP contribution is 2.51. The number of carbonyl (C=O) groups excluding carboxylic acids is 1. The Morgan fingerprint density at radius 3 is 2.50 bits per heavy atom. The van der Waals surface area contributed by atoms with E-state index in [1.807, 2.05) is 0 Å². The van der Waals surface area contributed by atoms with Crippen molar-refractivity contribution < 1.29 is 18.3 Å². The largest absolute Gasteiger partial charge is 0.459 e. The summed E-state index contributed by atoms with van der Waals surface area (Å²) in [6, 6.07) is 8.37. The number of halogens is 2. The van der Waals surface area contributed by atoms with Crippen LogP contribution in [0.4, 0.5) is 8.78 Å². The molecule has 2 nitrogen and oxygen atoms in total. The van der Waals surface area contributed by atoms with Crippen LogP contribution in [-0.4, -0.2) is 18.0 Å². The van der Waals surface area contributed by atoms with Crippen molar-refractivity contribution >= 4 is 5.97 Å². The number of hydrogen-bond acceptors (Lipinski definition) is 2. The molecule has 0 N–H and O–H groups in total. The number of ether oxygens (including phenoxy) is 1. The van der Waals surface area contributed by atoms with Gasteiger partial charge >= 0.3 is 5.97 Å². The summed E-state index contributed by atoms with van der Waals surface area (Å²) in [5.74, 6) is -4.02. The molecule has 1 aromatic rings. The molecule has 2 unspecified atom stereocenters. The van der Waals surface area contributed by atoms with Gasteiger partial charge in [0.05, 0.1) is 11.5 Å². The van der Waals surface area contributed by atoms with Gasteiger partial charge in [-0.05, 0) is 19.1 Å². The average molecular weight is 226 g/mol. The summed E-state index contributed by atoms with van der Waals surface area (Å²) in [4.78, 5) is 11.5. The van der Waals surface area contributed by atoms with Crippen LogP contribution in [-0.2, 0) is 4.74 Å². The standard InChI is InChI=1S/C12H12F2O2/c1-8(10-7-12(10,13)14)16-11(15)9-5-3-2-4-6-9/h2-6,8,10H,7H2,1H3. The van der Waals surface area contributed by atoms with Gasteiger partial charge < -0.3 is 4.74 Å². The maximum atomic E-state index is 12.7. The molecule has 1 fully saturated rings. The first-order chi connectivity index (χ1) is 7.50. The zero-order chi connectivity index (χ0) is 11.8. The molecule has 2 atom stereocenters. The molecule has 0 aromatic heterocycles. The molecule has 1 aromatic carbocycles. The smallest absolute Gasteiger partial charge is 0.338 e. The second-order valence-corrected chi connectivity index (χ2v) is 4.05. The highest BCUT2D eigenvalue weighted by atomic mass is 19.3. The quantitative estimate of drug-likeness (QED) is 0.741. The van der Waals surface area contributed by atoms with Crippen LogP contribution in [0, 0.1) is 5.92 Å². The maximum Gasteiger partial charge on any atom is 0.338 e. The minimum Gasteiger partial charge on any atom is -0.459 e. The van der Waals surface area contributed by atoms with E-state index in [1.165, 1.54) is 6.92 Å². The van der Waals surface area contributed by atoms with E-state index in [0.717, 1.165) is 0 Å². The molecule has 0 aliphatic heterocycles. The van der Waals surface area contributed by atoms with E-state index in [2.05, 4.69) is 0 Å². The fourth-order valence-corrected chi connectivity index (χ4v) is 1.64. The van der Waals surface area contributed by atoms with Gasteiger partial charge in [0.1, 0.15) is 6.10 Å². The molecule has 0 amide bonds. The maximum absolute atomic E-state index is 12.7.